The minimum atomic E-state index is -0.411. The number of benzene rings is 1. The van der Waals surface area contributed by atoms with Gasteiger partial charge in [0.05, 0.1) is 5.41 Å². The Labute approximate surface area is 156 Å². The van der Waals surface area contributed by atoms with Gasteiger partial charge in [0, 0.05) is 32.2 Å². The normalized spacial score (nSPS) is 22.7. The summed E-state index contributed by atoms with van der Waals surface area (Å²) in [7, 11) is 1.87. The Morgan fingerprint density at radius 1 is 1.12 bits per heavy atom. The van der Waals surface area contributed by atoms with E-state index in [1.54, 1.807) is 4.90 Å². The number of hydrogen-bond acceptors (Lipinski definition) is 2. The van der Waals surface area contributed by atoms with Crippen molar-refractivity contribution in [1.29, 1.82) is 0 Å². The maximum atomic E-state index is 13.0. The summed E-state index contributed by atoms with van der Waals surface area (Å²) >= 11 is 0. The molecule has 1 aliphatic carbocycles. The lowest BCUT2D eigenvalue weighted by Gasteiger charge is -2.38. The Bertz CT molecular complexity index is 685. The number of rotatable bonds is 3. The number of para-hydroxylation sites is 1. The molecule has 0 N–H and O–H groups in total. The van der Waals surface area contributed by atoms with E-state index in [2.05, 4.69) is 6.07 Å². The van der Waals surface area contributed by atoms with E-state index in [1.165, 1.54) is 32.1 Å². The van der Waals surface area contributed by atoms with E-state index in [9.17, 15) is 9.59 Å². The Balaban J connectivity index is 1.38. The van der Waals surface area contributed by atoms with Crippen molar-refractivity contribution in [2.75, 3.05) is 25.0 Å². The first kappa shape index (κ1) is 17.6. The molecule has 26 heavy (non-hydrogen) atoms. The van der Waals surface area contributed by atoms with Crippen molar-refractivity contribution >= 4 is 17.5 Å². The number of amides is 2. The number of piperidine rings is 1. The number of carbonyl (C=O) groups excluding carboxylic acids is 2. The summed E-state index contributed by atoms with van der Waals surface area (Å²) in [6.45, 7) is 1.41. The number of carbonyl (C=O) groups is 2. The molecule has 2 aliphatic heterocycles. The Kier molecular flexibility index (Phi) is 4.76. The fraction of sp³-hybridized carbons (Fsp3) is 0.636. The van der Waals surface area contributed by atoms with Gasteiger partial charge in [-0.3, -0.25) is 9.59 Å². The van der Waals surface area contributed by atoms with Crippen molar-refractivity contribution < 1.29 is 9.59 Å². The van der Waals surface area contributed by atoms with Crippen LogP contribution in [0.25, 0.3) is 0 Å². The smallest absolute Gasteiger partial charge is 0.237 e. The van der Waals surface area contributed by atoms with E-state index in [4.69, 9.17) is 0 Å². The number of likely N-dealkylation sites (N-methyl/N-ethyl adjacent to an activating group) is 1. The Morgan fingerprint density at radius 3 is 2.54 bits per heavy atom. The van der Waals surface area contributed by atoms with E-state index in [1.807, 2.05) is 30.1 Å². The second-order valence-electron chi connectivity index (χ2n) is 8.39. The number of fused-ring (bicyclic) bond motifs is 2. The Hall–Kier alpha value is -1.84. The molecule has 0 atom stereocenters. The second kappa shape index (κ2) is 7.05. The van der Waals surface area contributed by atoms with Gasteiger partial charge in [0.25, 0.3) is 0 Å². The van der Waals surface area contributed by atoms with Crippen molar-refractivity contribution in [3.8, 4) is 0 Å². The number of nitrogens with zero attached hydrogens (tertiary/aromatic N) is 2. The second-order valence-corrected chi connectivity index (χ2v) is 8.39. The third kappa shape index (κ3) is 2.93. The van der Waals surface area contributed by atoms with Gasteiger partial charge in [0.2, 0.25) is 11.8 Å². The van der Waals surface area contributed by atoms with Crippen LogP contribution in [0, 0.1) is 5.92 Å². The van der Waals surface area contributed by atoms with Crippen molar-refractivity contribution in [2.24, 2.45) is 5.92 Å². The van der Waals surface area contributed by atoms with Crippen LogP contribution < -0.4 is 4.90 Å². The first-order valence-electron chi connectivity index (χ1n) is 10.3. The lowest BCUT2D eigenvalue weighted by Crippen LogP contribution is -2.49. The molecule has 3 aliphatic rings. The van der Waals surface area contributed by atoms with E-state index in [-0.39, 0.29) is 11.8 Å². The molecular formula is C22H30N2O2. The Morgan fingerprint density at radius 2 is 1.81 bits per heavy atom. The predicted molar refractivity (Wildman–Crippen MR) is 103 cm³/mol. The third-order valence-electron chi connectivity index (χ3n) is 6.96. The highest BCUT2D eigenvalue weighted by Gasteiger charge is 2.51. The molecule has 2 amide bonds. The summed E-state index contributed by atoms with van der Waals surface area (Å²) < 4.78 is 0. The summed E-state index contributed by atoms with van der Waals surface area (Å²) in [5.41, 5.74) is 1.78. The highest BCUT2D eigenvalue weighted by molar-refractivity contribution is 6.07. The largest absolute Gasteiger partial charge is 0.343 e. The molecule has 4 nitrogen and oxygen atoms in total. The summed E-state index contributed by atoms with van der Waals surface area (Å²) in [5, 5.41) is 0. The van der Waals surface area contributed by atoms with Gasteiger partial charge in [-0.05, 0) is 36.8 Å². The fourth-order valence-electron chi connectivity index (χ4n) is 5.30. The summed E-state index contributed by atoms with van der Waals surface area (Å²) in [6.07, 6.45) is 9.86. The highest BCUT2D eigenvalue weighted by atomic mass is 16.2. The molecule has 4 heteroatoms. The van der Waals surface area contributed by atoms with Gasteiger partial charge < -0.3 is 9.80 Å². The maximum Gasteiger partial charge on any atom is 0.237 e. The van der Waals surface area contributed by atoms with Crippen LogP contribution in [-0.2, 0) is 15.0 Å². The standard InChI is InChI=1S/C22H30N2O2/c1-23-19-10-6-5-9-18(19)22(21(23)26)13-15-24(16-14-22)20(25)12-11-17-7-3-2-4-8-17/h5-6,9-10,17H,2-4,7-8,11-16H2,1H3. The molecule has 1 saturated carbocycles. The minimum absolute atomic E-state index is 0.202. The molecule has 0 radical (unpaired) electrons. The zero-order valence-corrected chi connectivity index (χ0v) is 15.9. The van der Waals surface area contributed by atoms with Crippen LogP contribution in [0.3, 0.4) is 0 Å². The average molecular weight is 354 g/mol. The summed E-state index contributed by atoms with van der Waals surface area (Å²) in [5.74, 6) is 1.24. The van der Waals surface area contributed by atoms with Gasteiger partial charge in [-0.25, -0.2) is 0 Å². The lowest BCUT2D eigenvalue weighted by molar-refractivity contribution is -0.135. The molecule has 1 aromatic carbocycles. The summed E-state index contributed by atoms with van der Waals surface area (Å²) in [6, 6.07) is 8.14. The molecule has 0 bridgehead atoms. The minimum Gasteiger partial charge on any atom is -0.343 e. The van der Waals surface area contributed by atoms with E-state index in [0.717, 1.165) is 36.4 Å². The number of anilines is 1. The predicted octanol–water partition coefficient (Wildman–Crippen LogP) is 3.88. The quantitative estimate of drug-likeness (QED) is 0.826. The van der Waals surface area contributed by atoms with Gasteiger partial charge in [-0.1, -0.05) is 50.3 Å². The zero-order valence-electron chi connectivity index (χ0n) is 15.9. The third-order valence-corrected chi connectivity index (χ3v) is 6.96. The van der Waals surface area contributed by atoms with Crippen LogP contribution in [0.5, 0.6) is 0 Å². The topological polar surface area (TPSA) is 40.6 Å². The van der Waals surface area contributed by atoms with Gasteiger partial charge in [0.1, 0.15) is 0 Å². The maximum absolute atomic E-state index is 13.0. The van der Waals surface area contributed by atoms with Crippen molar-refractivity contribution in [1.82, 2.24) is 4.90 Å². The van der Waals surface area contributed by atoms with Gasteiger partial charge in [-0.2, -0.15) is 0 Å². The molecular weight excluding hydrogens is 324 g/mol. The molecule has 4 rings (SSSR count). The highest BCUT2D eigenvalue weighted by Crippen LogP contribution is 2.47. The van der Waals surface area contributed by atoms with Gasteiger partial charge in [-0.15, -0.1) is 0 Å². The van der Waals surface area contributed by atoms with Crippen LogP contribution in [0.4, 0.5) is 5.69 Å². The van der Waals surface area contributed by atoms with Crippen LogP contribution >= 0.6 is 0 Å². The van der Waals surface area contributed by atoms with Crippen LogP contribution in [0.15, 0.2) is 24.3 Å². The molecule has 2 heterocycles. The molecule has 1 spiro atoms. The SMILES string of the molecule is CN1C(=O)C2(CCN(C(=O)CCC3CCCCC3)CC2)c2ccccc21. The molecule has 1 aromatic rings. The molecule has 0 unspecified atom stereocenters. The van der Waals surface area contributed by atoms with E-state index < -0.39 is 5.41 Å². The fourth-order valence-corrected chi connectivity index (χ4v) is 5.30. The average Bonchev–Trinajstić information content (AvgIpc) is 2.90. The van der Waals surface area contributed by atoms with Gasteiger partial charge in [0.15, 0.2) is 0 Å². The number of hydrogen-bond donors (Lipinski definition) is 0. The van der Waals surface area contributed by atoms with Crippen LogP contribution in [0.1, 0.15) is 63.4 Å². The number of likely N-dealkylation sites (tertiary alicyclic amines) is 1. The first-order chi connectivity index (χ1) is 12.6. The molecule has 1 saturated heterocycles. The van der Waals surface area contributed by atoms with Crippen LogP contribution in [0.2, 0.25) is 0 Å². The first-order valence-corrected chi connectivity index (χ1v) is 10.3. The lowest BCUT2D eigenvalue weighted by atomic mass is 9.73. The monoisotopic (exact) mass is 354 g/mol. The zero-order chi connectivity index (χ0) is 18.1. The van der Waals surface area contributed by atoms with E-state index >= 15 is 0 Å². The molecule has 2 fully saturated rings. The van der Waals surface area contributed by atoms with Crippen molar-refractivity contribution in [2.45, 2.75) is 63.2 Å². The van der Waals surface area contributed by atoms with Crippen LogP contribution in [-0.4, -0.2) is 36.9 Å². The molecule has 140 valence electrons. The van der Waals surface area contributed by atoms with Crippen molar-refractivity contribution in [3.05, 3.63) is 29.8 Å². The molecule has 0 aromatic heterocycles. The van der Waals surface area contributed by atoms with E-state index in [0.29, 0.717) is 19.5 Å². The van der Waals surface area contributed by atoms with Crippen molar-refractivity contribution in [3.63, 3.8) is 0 Å². The van der Waals surface area contributed by atoms with Gasteiger partial charge >= 0.3 is 0 Å². The summed E-state index contributed by atoms with van der Waals surface area (Å²) in [4.78, 5) is 29.4.